The highest BCUT2D eigenvalue weighted by Crippen LogP contribution is 2.24. The number of nitrogens with two attached hydrogens (primary N) is 1. The number of hydrogen-bond donors (Lipinski definition) is 2. The van der Waals surface area contributed by atoms with Crippen molar-refractivity contribution < 1.29 is 10.6 Å². The van der Waals surface area contributed by atoms with Crippen LogP contribution in [0.3, 0.4) is 0 Å². The second kappa shape index (κ2) is 3.74. The topological polar surface area (TPSA) is 55.1 Å². The quantitative estimate of drug-likeness (QED) is 0.740. The molecule has 0 saturated heterocycles. The van der Waals surface area contributed by atoms with Crippen LogP contribution in [0.1, 0.15) is 11.7 Å². The van der Waals surface area contributed by atoms with Crippen LogP contribution >= 0.6 is 15.9 Å². The van der Waals surface area contributed by atoms with Gasteiger partial charge in [0, 0.05) is 12.9 Å². The Morgan fingerprint density at radius 1 is 1.77 bits per heavy atom. The summed E-state index contributed by atoms with van der Waals surface area (Å²) in [5.74, 6) is -1.11. The predicted molar refractivity (Wildman–Crippen MR) is 51.9 cm³/mol. The van der Waals surface area contributed by atoms with Crippen molar-refractivity contribution in [3.8, 4) is 0 Å². The summed E-state index contributed by atoms with van der Waals surface area (Å²) < 4.78 is 20.0. The molecule has 0 aliphatic rings. The lowest BCUT2D eigenvalue weighted by Gasteiger charge is -2.05. The molecule has 1 aromatic rings. The largest absolute Gasteiger partial charge is 0.397 e. The normalized spacial score (nSPS) is 10.8. The van der Waals surface area contributed by atoms with Gasteiger partial charge in [-0.05, 0) is 28.1 Å². The molecule has 3 nitrogen and oxygen atoms in total. The minimum Gasteiger partial charge on any atom is -0.397 e. The monoisotopic (exact) mass is 247 g/mol. The van der Waals surface area contributed by atoms with Crippen molar-refractivity contribution in [2.75, 3.05) is 12.8 Å². The molecule has 13 heavy (non-hydrogen) atoms. The molecule has 5 heteroatoms. The van der Waals surface area contributed by atoms with Crippen LogP contribution in [0.4, 0.5) is 10.1 Å². The van der Waals surface area contributed by atoms with E-state index in [2.05, 4.69) is 21.2 Å². The number of benzene rings is 1. The molecule has 0 spiro atoms. The third-order valence-electron chi connectivity index (χ3n) is 1.50. The van der Waals surface area contributed by atoms with Gasteiger partial charge in [0.25, 0.3) is 5.91 Å². The predicted octanol–water partition coefficient (Wildman–Crippen LogP) is 1.53. The highest BCUT2D eigenvalue weighted by Gasteiger charge is 2.11. The van der Waals surface area contributed by atoms with E-state index < -0.39 is 11.7 Å². The van der Waals surface area contributed by atoms with Crippen LogP contribution in [0.15, 0.2) is 16.6 Å². The smallest absolute Gasteiger partial charge is 0.253 e. The van der Waals surface area contributed by atoms with Gasteiger partial charge in [0.05, 0.1) is 11.3 Å². The van der Waals surface area contributed by atoms with Crippen LogP contribution in [0.2, 0.25) is 0 Å². The van der Waals surface area contributed by atoms with E-state index in [4.69, 9.17) is 7.10 Å². The third kappa shape index (κ3) is 1.98. The standard InChI is InChI=1S/C8H8BrFN2O/c1-12-8(13)5-2-4(10)3-6(9)7(5)11/h2-3H,11H2,1H3,(H,12,13)/i1D. The van der Waals surface area contributed by atoms with E-state index in [0.29, 0.717) is 4.47 Å². The van der Waals surface area contributed by atoms with Crippen molar-refractivity contribution in [1.29, 1.82) is 0 Å². The second-order valence-electron chi connectivity index (χ2n) is 2.35. The number of anilines is 1. The first kappa shape index (κ1) is 8.50. The Morgan fingerprint density at radius 3 is 3.08 bits per heavy atom. The van der Waals surface area contributed by atoms with Crippen LogP contribution in [-0.2, 0) is 0 Å². The Bertz CT molecular complexity index is 373. The van der Waals surface area contributed by atoms with E-state index in [1.54, 1.807) is 0 Å². The van der Waals surface area contributed by atoms with Gasteiger partial charge < -0.3 is 11.1 Å². The average molecular weight is 248 g/mol. The van der Waals surface area contributed by atoms with Gasteiger partial charge >= 0.3 is 0 Å². The molecular formula is C8H8BrFN2O. The molecule has 0 aromatic heterocycles. The van der Waals surface area contributed by atoms with E-state index in [1.165, 1.54) is 6.07 Å². The van der Waals surface area contributed by atoms with Crippen LogP contribution in [0.5, 0.6) is 0 Å². The molecule has 1 aromatic carbocycles. The lowest BCUT2D eigenvalue weighted by molar-refractivity contribution is 0.0963. The summed E-state index contributed by atoms with van der Waals surface area (Å²) in [6.45, 7) is 0. The molecule has 0 heterocycles. The lowest BCUT2D eigenvalue weighted by atomic mass is 10.1. The molecule has 0 unspecified atom stereocenters. The Morgan fingerprint density at radius 2 is 2.46 bits per heavy atom. The van der Waals surface area contributed by atoms with Crippen LogP contribution in [0.25, 0.3) is 0 Å². The zero-order valence-electron chi connectivity index (χ0n) is 7.60. The zero-order chi connectivity index (χ0) is 10.7. The SMILES string of the molecule is [2H]CNC(=O)c1cc(F)cc(Br)c1N. The van der Waals surface area contributed by atoms with Crippen LogP contribution in [-0.4, -0.2) is 12.9 Å². The molecule has 0 saturated carbocycles. The zero-order valence-corrected chi connectivity index (χ0v) is 8.19. The van der Waals surface area contributed by atoms with Gasteiger partial charge in [-0.15, -0.1) is 0 Å². The fraction of sp³-hybridized carbons (Fsp3) is 0.125. The summed E-state index contributed by atoms with van der Waals surface area (Å²) in [5.41, 5.74) is 5.74. The molecule has 0 aliphatic carbocycles. The Hall–Kier alpha value is -1.10. The first-order chi connectivity index (χ1) is 6.56. The molecule has 0 atom stereocenters. The number of carbonyl (C=O) groups is 1. The van der Waals surface area contributed by atoms with Crippen molar-refractivity contribution in [2.24, 2.45) is 0 Å². The van der Waals surface area contributed by atoms with Crippen LogP contribution in [0, 0.1) is 5.82 Å². The Balaban J connectivity index is 3.13. The molecule has 1 amide bonds. The molecular weight excluding hydrogens is 239 g/mol. The van der Waals surface area contributed by atoms with E-state index in [1.807, 2.05) is 0 Å². The first-order valence-electron chi connectivity index (χ1n) is 4.09. The number of hydrogen-bond acceptors (Lipinski definition) is 2. The molecule has 70 valence electrons. The maximum Gasteiger partial charge on any atom is 0.253 e. The molecule has 0 fully saturated rings. The molecule has 1 rings (SSSR count). The van der Waals surface area contributed by atoms with Gasteiger partial charge in [0.1, 0.15) is 5.82 Å². The van der Waals surface area contributed by atoms with Crippen molar-refractivity contribution in [3.05, 3.63) is 28.0 Å². The number of nitrogen functional groups attached to an aromatic ring is 1. The molecule has 0 bridgehead atoms. The fourth-order valence-electron chi connectivity index (χ4n) is 0.868. The van der Waals surface area contributed by atoms with E-state index in [-0.39, 0.29) is 18.3 Å². The number of rotatable bonds is 1. The molecule has 0 radical (unpaired) electrons. The Labute approximate surface area is 84.7 Å². The van der Waals surface area contributed by atoms with Crippen molar-refractivity contribution in [3.63, 3.8) is 0 Å². The third-order valence-corrected chi connectivity index (χ3v) is 2.16. The average Bonchev–Trinajstić information content (AvgIpc) is 2.11. The fourth-order valence-corrected chi connectivity index (χ4v) is 1.30. The van der Waals surface area contributed by atoms with Gasteiger partial charge in [-0.3, -0.25) is 4.79 Å². The first-order valence-corrected chi connectivity index (χ1v) is 4.17. The summed E-state index contributed by atoms with van der Waals surface area (Å²) in [6, 6.07) is 2.21. The maximum atomic E-state index is 12.9. The number of amides is 1. The van der Waals surface area contributed by atoms with Crippen molar-refractivity contribution in [1.82, 2.24) is 5.32 Å². The van der Waals surface area contributed by atoms with E-state index >= 15 is 0 Å². The second-order valence-corrected chi connectivity index (χ2v) is 3.21. The highest BCUT2D eigenvalue weighted by molar-refractivity contribution is 9.10. The van der Waals surface area contributed by atoms with Gasteiger partial charge in [0.2, 0.25) is 0 Å². The highest BCUT2D eigenvalue weighted by atomic mass is 79.9. The summed E-state index contributed by atoms with van der Waals surface area (Å²) in [7, 11) is -0.271. The summed E-state index contributed by atoms with van der Waals surface area (Å²) in [5, 5.41) is 2.22. The molecule has 0 aliphatic heterocycles. The summed E-state index contributed by atoms with van der Waals surface area (Å²) in [4.78, 5) is 11.3. The minimum absolute atomic E-state index is 0.0316. The van der Waals surface area contributed by atoms with E-state index in [0.717, 1.165) is 6.07 Å². The maximum absolute atomic E-state index is 12.9. The minimum atomic E-state index is -0.558. The number of carbonyl (C=O) groups excluding carboxylic acids is 1. The van der Waals surface area contributed by atoms with Gasteiger partial charge in [-0.2, -0.15) is 0 Å². The summed E-state index contributed by atoms with van der Waals surface area (Å²) in [6.07, 6.45) is 0. The lowest BCUT2D eigenvalue weighted by Crippen LogP contribution is -2.19. The van der Waals surface area contributed by atoms with Crippen molar-refractivity contribution >= 4 is 27.5 Å². The van der Waals surface area contributed by atoms with Crippen LogP contribution < -0.4 is 11.1 Å². The number of nitrogens with one attached hydrogen (secondary N) is 1. The van der Waals surface area contributed by atoms with Gasteiger partial charge in [0.15, 0.2) is 0 Å². The van der Waals surface area contributed by atoms with Gasteiger partial charge in [-0.25, -0.2) is 4.39 Å². The number of halogens is 2. The van der Waals surface area contributed by atoms with Crippen molar-refractivity contribution in [2.45, 2.75) is 0 Å². The Kier molecular flexibility index (Phi) is 2.44. The van der Waals surface area contributed by atoms with E-state index in [9.17, 15) is 9.18 Å². The molecule has 3 N–H and O–H groups in total. The summed E-state index contributed by atoms with van der Waals surface area (Å²) >= 11 is 3.02. The van der Waals surface area contributed by atoms with Gasteiger partial charge in [-0.1, -0.05) is 0 Å².